The van der Waals surface area contributed by atoms with Crippen LogP contribution in [-0.4, -0.2) is 18.5 Å². The number of primary amides is 1. The van der Waals surface area contributed by atoms with Gasteiger partial charge in [-0.3, -0.25) is 4.79 Å². The van der Waals surface area contributed by atoms with Crippen LogP contribution in [0.2, 0.25) is 0 Å². The largest absolute Gasteiger partial charge is 0.352 e. The molecule has 0 unspecified atom stereocenters. The highest BCUT2D eigenvalue weighted by Crippen LogP contribution is 2.40. The molecule has 1 aliphatic carbocycles. The van der Waals surface area contributed by atoms with Crippen LogP contribution >= 0.6 is 0 Å². The van der Waals surface area contributed by atoms with Gasteiger partial charge in [-0.15, -0.1) is 0 Å². The first-order valence-corrected chi connectivity index (χ1v) is 9.15. The van der Waals surface area contributed by atoms with E-state index in [9.17, 15) is 14.0 Å². The van der Waals surface area contributed by atoms with Crippen LogP contribution in [-0.2, 0) is 12.0 Å². The quantitative estimate of drug-likeness (QED) is 0.730. The maximum atomic E-state index is 13.3. The minimum absolute atomic E-state index is 0.130. The molecule has 27 heavy (non-hydrogen) atoms. The summed E-state index contributed by atoms with van der Waals surface area (Å²) in [5, 5.41) is 5.55. The molecule has 1 saturated carbocycles. The van der Waals surface area contributed by atoms with Crippen molar-refractivity contribution < 1.29 is 14.0 Å². The maximum Gasteiger partial charge on any atom is 0.312 e. The van der Waals surface area contributed by atoms with E-state index in [0.29, 0.717) is 18.7 Å². The van der Waals surface area contributed by atoms with Gasteiger partial charge in [-0.25, -0.2) is 9.18 Å². The summed E-state index contributed by atoms with van der Waals surface area (Å²) in [5.74, 6) is -0.389. The molecule has 3 amide bonds. The number of nitrogens with one attached hydrogen (secondary N) is 2. The third kappa shape index (κ3) is 4.64. The standard InChI is InChI=1S/C21H24FN3O2/c22-18-9-7-17(8-10-18)21(11-1-2-12-21)14-25-19(26)16-5-3-15(4-6-16)13-24-20(23)27/h3-10H,1-2,11-14H2,(H,25,26)(H3,23,24,27). The van der Waals surface area contributed by atoms with E-state index in [1.807, 2.05) is 12.1 Å². The van der Waals surface area contributed by atoms with Gasteiger partial charge in [0.05, 0.1) is 0 Å². The third-order valence-corrected chi connectivity index (χ3v) is 5.29. The molecule has 0 aromatic heterocycles. The lowest BCUT2D eigenvalue weighted by molar-refractivity contribution is 0.0943. The highest BCUT2D eigenvalue weighted by molar-refractivity contribution is 5.94. The number of hydrogen-bond acceptors (Lipinski definition) is 2. The first kappa shape index (κ1) is 18.9. The molecule has 2 aromatic carbocycles. The van der Waals surface area contributed by atoms with E-state index in [1.165, 1.54) is 12.1 Å². The average molecular weight is 369 g/mol. The van der Waals surface area contributed by atoms with Crippen molar-refractivity contribution >= 4 is 11.9 Å². The molecular formula is C21H24FN3O2. The lowest BCUT2D eigenvalue weighted by atomic mass is 9.78. The first-order chi connectivity index (χ1) is 13.0. The Bertz CT molecular complexity index is 797. The topological polar surface area (TPSA) is 84.2 Å². The van der Waals surface area contributed by atoms with Crippen LogP contribution in [0.3, 0.4) is 0 Å². The van der Waals surface area contributed by atoms with Crippen molar-refractivity contribution in [3.63, 3.8) is 0 Å². The van der Waals surface area contributed by atoms with Crippen molar-refractivity contribution in [2.24, 2.45) is 5.73 Å². The van der Waals surface area contributed by atoms with Gasteiger partial charge in [0, 0.05) is 24.1 Å². The molecule has 4 N–H and O–H groups in total. The van der Waals surface area contributed by atoms with Crippen LogP contribution in [0.25, 0.3) is 0 Å². The Morgan fingerprint density at radius 1 is 0.963 bits per heavy atom. The van der Waals surface area contributed by atoms with Crippen molar-refractivity contribution in [2.45, 2.75) is 37.6 Å². The Balaban J connectivity index is 1.64. The van der Waals surface area contributed by atoms with Gasteiger partial charge >= 0.3 is 6.03 Å². The monoisotopic (exact) mass is 369 g/mol. The minimum Gasteiger partial charge on any atom is -0.352 e. The summed E-state index contributed by atoms with van der Waals surface area (Å²) in [6.45, 7) is 0.855. The number of carbonyl (C=O) groups excluding carboxylic acids is 2. The Labute approximate surface area is 158 Å². The van der Waals surface area contributed by atoms with E-state index < -0.39 is 6.03 Å². The van der Waals surface area contributed by atoms with E-state index in [4.69, 9.17) is 5.73 Å². The van der Waals surface area contributed by atoms with Gasteiger partial charge in [-0.1, -0.05) is 37.1 Å². The van der Waals surface area contributed by atoms with E-state index in [2.05, 4.69) is 10.6 Å². The van der Waals surface area contributed by atoms with Crippen LogP contribution in [0.15, 0.2) is 48.5 Å². The number of nitrogens with two attached hydrogens (primary N) is 1. The number of rotatable bonds is 6. The van der Waals surface area contributed by atoms with Crippen molar-refractivity contribution in [3.8, 4) is 0 Å². The summed E-state index contributed by atoms with van der Waals surface area (Å²) < 4.78 is 13.3. The molecule has 0 saturated heterocycles. The van der Waals surface area contributed by atoms with Crippen molar-refractivity contribution in [1.82, 2.24) is 10.6 Å². The number of amides is 3. The van der Waals surface area contributed by atoms with Gasteiger partial charge in [0.15, 0.2) is 0 Å². The molecule has 1 fully saturated rings. The van der Waals surface area contributed by atoms with Crippen molar-refractivity contribution in [1.29, 1.82) is 0 Å². The summed E-state index contributed by atoms with van der Waals surface area (Å²) in [5.41, 5.74) is 7.42. The van der Waals surface area contributed by atoms with Crippen LogP contribution in [0.5, 0.6) is 0 Å². The Morgan fingerprint density at radius 3 is 2.19 bits per heavy atom. The number of hydrogen-bond donors (Lipinski definition) is 3. The number of halogens is 1. The fourth-order valence-corrected chi connectivity index (χ4v) is 3.74. The molecule has 6 heteroatoms. The summed E-state index contributed by atoms with van der Waals surface area (Å²) >= 11 is 0. The van der Waals surface area contributed by atoms with Crippen LogP contribution in [0.4, 0.5) is 9.18 Å². The third-order valence-electron chi connectivity index (χ3n) is 5.29. The number of carbonyl (C=O) groups is 2. The SMILES string of the molecule is NC(=O)NCc1ccc(C(=O)NCC2(c3ccc(F)cc3)CCCC2)cc1. The van der Waals surface area contributed by atoms with E-state index >= 15 is 0 Å². The zero-order chi connectivity index (χ0) is 19.3. The second kappa shape index (κ2) is 8.20. The molecule has 0 heterocycles. The Kier molecular flexibility index (Phi) is 5.74. The van der Waals surface area contributed by atoms with Crippen LogP contribution in [0.1, 0.15) is 47.2 Å². The zero-order valence-corrected chi connectivity index (χ0v) is 15.1. The van der Waals surface area contributed by atoms with Gasteiger partial charge in [-0.2, -0.15) is 0 Å². The van der Waals surface area contributed by atoms with Gasteiger partial charge in [0.2, 0.25) is 0 Å². The summed E-state index contributed by atoms with van der Waals surface area (Å²) in [6, 6.07) is 13.1. The minimum atomic E-state index is -0.584. The van der Waals surface area contributed by atoms with E-state index in [-0.39, 0.29) is 17.1 Å². The normalized spacial score (nSPS) is 15.3. The highest BCUT2D eigenvalue weighted by atomic mass is 19.1. The maximum absolute atomic E-state index is 13.3. The predicted octanol–water partition coefficient (Wildman–Crippen LogP) is 3.24. The average Bonchev–Trinajstić information content (AvgIpc) is 3.15. The first-order valence-electron chi connectivity index (χ1n) is 9.15. The molecular weight excluding hydrogens is 345 g/mol. The van der Waals surface area contributed by atoms with Crippen LogP contribution < -0.4 is 16.4 Å². The molecule has 142 valence electrons. The lowest BCUT2D eigenvalue weighted by Crippen LogP contribution is -2.39. The smallest absolute Gasteiger partial charge is 0.312 e. The summed E-state index contributed by atoms with van der Waals surface area (Å²) in [6.07, 6.45) is 4.18. The molecule has 0 spiro atoms. The summed E-state index contributed by atoms with van der Waals surface area (Å²) in [7, 11) is 0. The molecule has 0 bridgehead atoms. The Hall–Kier alpha value is -2.89. The highest BCUT2D eigenvalue weighted by Gasteiger charge is 2.35. The van der Waals surface area contributed by atoms with Gasteiger partial charge in [0.1, 0.15) is 5.82 Å². The fraction of sp³-hybridized carbons (Fsp3) is 0.333. The van der Waals surface area contributed by atoms with Gasteiger partial charge < -0.3 is 16.4 Å². The number of urea groups is 1. The second-order valence-electron chi connectivity index (χ2n) is 7.09. The van der Waals surface area contributed by atoms with Crippen molar-refractivity contribution in [3.05, 3.63) is 71.0 Å². The lowest BCUT2D eigenvalue weighted by Gasteiger charge is -2.30. The molecule has 3 rings (SSSR count). The van der Waals surface area contributed by atoms with Gasteiger partial charge in [0.25, 0.3) is 5.91 Å². The molecule has 0 aliphatic heterocycles. The predicted molar refractivity (Wildman–Crippen MR) is 102 cm³/mol. The van der Waals surface area contributed by atoms with E-state index in [1.54, 1.807) is 24.3 Å². The molecule has 0 radical (unpaired) electrons. The summed E-state index contributed by atoms with van der Waals surface area (Å²) in [4.78, 5) is 23.3. The Morgan fingerprint density at radius 2 is 1.59 bits per heavy atom. The van der Waals surface area contributed by atoms with E-state index in [0.717, 1.165) is 36.8 Å². The number of benzene rings is 2. The molecule has 1 aliphatic rings. The molecule has 2 aromatic rings. The van der Waals surface area contributed by atoms with Crippen LogP contribution in [0, 0.1) is 5.82 Å². The molecule has 5 nitrogen and oxygen atoms in total. The van der Waals surface area contributed by atoms with Crippen molar-refractivity contribution in [2.75, 3.05) is 6.54 Å². The molecule has 0 atom stereocenters. The van der Waals surface area contributed by atoms with Gasteiger partial charge in [-0.05, 0) is 48.2 Å². The second-order valence-corrected chi connectivity index (χ2v) is 7.09. The zero-order valence-electron chi connectivity index (χ0n) is 15.1. The fourth-order valence-electron chi connectivity index (χ4n) is 3.74.